The van der Waals surface area contributed by atoms with Gasteiger partial charge >= 0.3 is 0 Å². The first-order valence-corrected chi connectivity index (χ1v) is 5.42. The lowest BCUT2D eigenvalue weighted by molar-refractivity contribution is 0.544. The number of nitrogens with zero attached hydrogens (tertiary/aromatic N) is 2. The fourth-order valence-corrected chi connectivity index (χ4v) is 2.56. The summed E-state index contributed by atoms with van der Waals surface area (Å²) in [4.78, 5) is 0. The van der Waals surface area contributed by atoms with E-state index in [2.05, 4.69) is 22.8 Å². The SMILES string of the molecule is N#Cc1c2n(c3ccccc13)CCCC2. The highest BCUT2D eigenvalue weighted by atomic mass is 15.0. The zero-order chi connectivity index (χ0) is 10.3. The molecule has 0 amide bonds. The molecule has 0 radical (unpaired) electrons. The quantitative estimate of drug-likeness (QED) is 0.637. The van der Waals surface area contributed by atoms with Gasteiger partial charge in [0.2, 0.25) is 0 Å². The van der Waals surface area contributed by atoms with Crippen LogP contribution in [0.2, 0.25) is 0 Å². The van der Waals surface area contributed by atoms with Crippen molar-refractivity contribution in [2.75, 3.05) is 0 Å². The standard InChI is InChI=1S/C13H12N2/c14-9-11-10-5-1-2-6-12(10)15-8-4-3-7-13(11)15/h1-2,5-6H,3-4,7-8H2. The van der Waals surface area contributed by atoms with E-state index in [4.69, 9.17) is 0 Å². The highest BCUT2D eigenvalue weighted by molar-refractivity contribution is 5.88. The van der Waals surface area contributed by atoms with Gasteiger partial charge in [0.15, 0.2) is 0 Å². The number of nitriles is 1. The van der Waals surface area contributed by atoms with Crippen LogP contribution in [0.15, 0.2) is 24.3 Å². The molecular formula is C13H12N2. The van der Waals surface area contributed by atoms with E-state index in [1.807, 2.05) is 12.1 Å². The van der Waals surface area contributed by atoms with E-state index in [1.165, 1.54) is 24.1 Å². The van der Waals surface area contributed by atoms with Crippen LogP contribution in [-0.4, -0.2) is 4.57 Å². The zero-order valence-electron chi connectivity index (χ0n) is 8.53. The molecule has 0 unspecified atom stereocenters. The molecule has 1 aromatic carbocycles. The number of para-hydroxylation sites is 1. The Morgan fingerprint density at radius 2 is 2.07 bits per heavy atom. The number of hydrogen-bond acceptors (Lipinski definition) is 1. The van der Waals surface area contributed by atoms with E-state index >= 15 is 0 Å². The fraction of sp³-hybridized carbons (Fsp3) is 0.308. The maximum atomic E-state index is 9.22. The number of rotatable bonds is 0. The van der Waals surface area contributed by atoms with Crippen LogP contribution >= 0.6 is 0 Å². The molecule has 2 heteroatoms. The maximum Gasteiger partial charge on any atom is 0.102 e. The van der Waals surface area contributed by atoms with Gasteiger partial charge in [0.25, 0.3) is 0 Å². The largest absolute Gasteiger partial charge is 0.343 e. The van der Waals surface area contributed by atoms with Crippen LogP contribution in [-0.2, 0) is 13.0 Å². The van der Waals surface area contributed by atoms with Gasteiger partial charge in [0, 0.05) is 23.1 Å². The molecule has 0 saturated carbocycles. The Morgan fingerprint density at radius 3 is 2.93 bits per heavy atom. The minimum absolute atomic E-state index is 0.894. The number of aryl methyl sites for hydroxylation is 1. The van der Waals surface area contributed by atoms with E-state index < -0.39 is 0 Å². The molecular weight excluding hydrogens is 184 g/mol. The Kier molecular flexibility index (Phi) is 1.78. The van der Waals surface area contributed by atoms with Crippen molar-refractivity contribution in [2.24, 2.45) is 0 Å². The van der Waals surface area contributed by atoms with Crippen molar-refractivity contribution in [3.05, 3.63) is 35.5 Å². The van der Waals surface area contributed by atoms with E-state index in [-0.39, 0.29) is 0 Å². The van der Waals surface area contributed by atoms with Crippen molar-refractivity contribution in [1.82, 2.24) is 4.57 Å². The van der Waals surface area contributed by atoms with Crippen molar-refractivity contribution in [2.45, 2.75) is 25.8 Å². The van der Waals surface area contributed by atoms with Crippen molar-refractivity contribution >= 4 is 10.9 Å². The van der Waals surface area contributed by atoms with Crippen molar-refractivity contribution in [3.8, 4) is 6.07 Å². The molecule has 2 aromatic rings. The molecule has 0 bridgehead atoms. The summed E-state index contributed by atoms with van der Waals surface area (Å²) in [6, 6.07) is 10.6. The van der Waals surface area contributed by atoms with Gasteiger partial charge in [0.1, 0.15) is 6.07 Å². The van der Waals surface area contributed by atoms with E-state index in [9.17, 15) is 5.26 Å². The van der Waals surface area contributed by atoms with Gasteiger partial charge in [-0.15, -0.1) is 0 Å². The molecule has 15 heavy (non-hydrogen) atoms. The second-order valence-corrected chi connectivity index (χ2v) is 4.06. The summed E-state index contributed by atoms with van der Waals surface area (Å²) in [5.74, 6) is 0. The minimum atomic E-state index is 0.894. The first-order chi connectivity index (χ1) is 7.42. The third-order valence-electron chi connectivity index (χ3n) is 3.24. The van der Waals surface area contributed by atoms with Crippen LogP contribution in [0.25, 0.3) is 10.9 Å². The number of hydrogen-bond donors (Lipinski definition) is 0. The minimum Gasteiger partial charge on any atom is -0.343 e. The van der Waals surface area contributed by atoms with Gasteiger partial charge in [-0.3, -0.25) is 0 Å². The number of benzene rings is 1. The van der Waals surface area contributed by atoms with Crippen LogP contribution in [0.1, 0.15) is 24.1 Å². The topological polar surface area (TPSA) is 28.7 Å². The third-order valence-corrected chi connectivity index (χ3v) is 3.24. The zero-order valence-corrected chi connectivity index (χ0v) is 8.53. The van der Waals surface area contributed by atoms with Gasteiger partial charge in [-0.05, 0) is 25.3 Å². The van der Waals surface area contributed by atoms with Gasteiger partial charge in [-0.1, -0.05) is 18.2 Å². The molecule has 2 heterocycles. The Bertz CT molecular complexity index is 558. The molecule has 74 valence electrons. The third kappa shape index (κ3) is 1.10. The second-order valence-electron chi connectivity index (χ2n) is 4.06. The summed E-state index contributed by atoms with van der Waals surface area (Å²) in [5, 5.41) is 10.3. The predicted molar refractivity (Wildman–Crippen MR) is 59.6 cm³/mol. The van der Waals surface area contributed by atoms with Gasteiger partial charge in [-0.25, -0.2) is 0 Å². The molecule has 0 atom stereocenters. The highest BCUT2D eigenvalue weighted by Crippen LogP contribution is 2.29. The van der Waals surface area contributed by atoms with E-state index in [0.717, 1.165) is 23.9 Å². The summed E-state index contributed by atoms with van der Waals surface area (Å²) in [5.41, 5.74) is 3.36. The Labute approximate surface area is 88.7 Å². The molecule has 0 saturated heterocycles. The van der Waals surface area contributed by atoms with Crippen molar-refractivity contribution < 1.29 is 0 Å². The summed E-state index contributed by atoms with van der Waals surface area (Å²) in [6.07, 6.45) is 3.50. The molecule has 0 spiro atoms. The van der Waals surface area contributed by atoms with Crippen LogP contribution in [0, 0.1) is 11.3 Å². The summed E-state index contributed by atoms with van der Waals surface area (Å²) in [7, 11) is 0. The average Bonchev–Trinajstić information content (AvgIpc) is 2.63. The van der Waals surface area contributed by atoms with Crippen molar-refractivity contribution in [1.29, 1.82) is 5.26 Å². The first-order valence-electron chi connectivity index (χ1n) is 5.42. The molecule has 0 aliphatic carbocycles. The van der Waals surface area contributed by atoms with Gasteiger partial charge < -0.3 is 4.57 Å². The molecule has 1 aromatic heterocycles. The van der Waals surface area contributed by atoms with Gasteiger partial charge in [0.05, 0.1) is 5.56 Å². The highest BCUT2D eigenvalue weighted by Gasteiger charge is 2.18. The molecule has 1 aliphatic rings. The summed E-state index contributed by atoms with van der Waals surface area (Å²) < 4.78 is 2.32. The second kappa shape index (κ2) is 3.13. The molecule has 0 N–H and O–H groups in total. The first kappa shape index (κ1) is 8.55. The van der Waals surface area contributed by atoms with Crippen molar-refractivity contribution in [3.63, 3.8) is 0 Å². The lowest BCUT2D eigenvalue weighted by atomic mass is 10.1. The van der Waals surface area contributed by atoms with Crippen LogP contribution < -0.4 is 0 Å². The molecule has 1 aliphatic heterocycles. The number of aromatic nitrogens is 1. The molecule has 3 rings (SSSR count). The van der Waals surface area contributed by atoms with Crippen LogP contribution in [0.3, 0.4) is 0 Å². The van der Waals surface area contributed by atoms with Gasteiger partial charge in [-0.2, -0.15) is 5.26 Å². The van der Waals surface area contributed by atoms with Crippen LogP contribution in [0.4, 0.5) is 0 Å². The summed E-state index contributed by atoms with van der Waals surface area (Å²) in [6.45, 7) is 1.07. The number of fused-ring (bicyclic) bond motifs is 3. The van der Waals surface area contributed by atoms with Crippen LogP contribution in [0.5, 0.6) is 0 Å². The Hall–Kier alpha value is -1.75. The van der Waals surface area contributed by atoms with E-state index in [1.54, 1.807) is 0 Å². The normalized spacial score (nSPS) is 14.9. The average molecular weight is 196 g/mol. The Balaban J connectivity index is 2.44. The lowest BCUT2D eigenvalue weighted by Gasteiger charge is -2.15. The molecule has 2 nitrogen and oxygen atoms in total. The lowest BCUT2D eigenvalue weighted by Crippen LogP contribution is -2.10. The fourth-order valence-electron chi connectivity index (χ4n) is 2.56. The smallest absolute Gasteiger partial charge is 0.102 e. The monoisotopic (exact) mass is 196 g/mol. The Morgan fingerprint density at radius 1 is 1.20 bits per heavy atom. The predicted octanol–water partition coefficient (Wildman–Crippen LogP) is 2.85. The summed E-state index contributed by atoms with van der Waals surface area (Å²) >= 11 is 0. The van der Waals surface area contributed by atoms with E-state index in [0.29, 0.717) is 0 Å². The molecule has 0 fully saturated rings. The maximum absolute atomic E-state index is 9.22.